The molecule has 0 radical (unpaired) electrons. The molecule has 0 saturated carbocycles. The molecule has 1 atom stereocenters. The molecule has 2 aromatic rings. The van der Waals surface area contributed by atoms with Crippen LogP contribution in [0, 0.1) is 6.92 Å². The minimum atomic E-state index is -1.04. The zero-order chi connectivity index (χ0) is 15.1. The van der Waals surface area contributed by atoms with Crippen LogP contribution in [0.1, 0.15) is 28.9 Å². The summed E-state index contributed by atoms with van der Waals surface area (Å²) in [4.78, 5) is 36.9. The molecule has 0 amide bonds. The lowest BCUT2D eigenvalue weighted by atomic mass is 9.95. The molecule has 1 unspecified atom stereocenters. The number of nitrogens with zero attached hydrogens (tertiary/aromatic N) is 2. The van der Waals surface area contributed by atoms with Crippen LogP contribution in [0.25, 0.3) is 5.69 Å². The van der Waals surface area contributed by atoms with Gasteiger partial charge in [-0.15, -0.1) is 0 Å². The van der Waals surface area contributed by atoms with Crippen LogP contribution in [-0.2, 0) is 9.53 Å². The minimum Gasteiger partial charge on any atom is -0.465 e. The molecule has 0 fully saturated rings. The fourth-order valence-corrected chi connectivity index (χ4v) is 2.69. The molecule has 0 saturated heterocycles. The Balaban J connectivity index is 2.29. The quantitative estimate of drug-likeness (QED) is 0.615. The molecule has 1 aliphatic heterocycles. The predicted octanol–water partition coefficient (Wildman–Crippen LogP) is 1.25. The van der Waals surface area contributed by atoms with Gasteiger partial charge in [-0.1, -0.05) is 18.2 Å². The largest absolute Gasteiger partial charge is 0.465 e. The van der Waals surface area contributed by atoms with Gasteiger partial charge < -0.3 is 4.74 Å². The monoisotopic (exact) mass is 286 g/mol. The Morgan fingerprint density at radius 2 is 1.95 bits per heavy atom. The van der Waals surface area contributed by atoms with Crippen molar-refractivity contribution in [3.8, 4) is 5.69 Å². The summed E-state index contributed by atoms with van der Waals surface area (Å²) in [6.45, 7) is 3.54. The van der Waals surface area contributed by atoms with Gasteiger partial charge in [0.1, 0.15) is 0 Å². The number of aromatic nitrogens is 2. The molecule has 2 heterocycles. The molecule has 0 spiro atoms. The Kier molecular flexibility index (Phi) is 3.01. The van der Waals surface area contributed by atoms with Gasteiger partial charge in [0.25, 0.3) is 11.5 Å². The number of carbonyl (C=O) groups is 2. The summed E-state index contributed by atoms with van der Waals surface area (Å²) >= 11 is 0. The second-order valence-electron chi connectivity index (χ2n) is 4.83. The van der Waals surface area contributed by atoms with E-state index in [4.69, 9.17) is 4.74 Å². The molecule has 0 N–H and O–H groups in total. The van der Waals surface area contributed by atoms with Crippen LogP contribution in [0.3, 0.4) is 0 Å². The summed E-state index contributed by atoms with van der Waals surface area (Å²) < 4.78 is 7.55. The lowest BCUT2D eigenvalue weighted by Crippen LogP contribution is -2.39. The summed E-state index contributed by atoms with van der Waals surface area (Å²) in [5.74, 6) is -2.10. The van der Waals surface area contributed by atoms with Gasteiger partial charge in [0.05, 0.1) is 12.3 Å². The Morgan fingerprint density at radius 1 is 1.24 bits per heavy atom. The number of rotatable bonds is 2. The maximum Gasteiger partial charge on any atom is 0.323 e. The summed E-state index contributed by atoms with van der Waals surface area (Å²) in [5, 5.41) is 0. The molecular weight excluding hydrogens is 272 g/mol. The van der Waals surface area contributed by atoms with E-state index in [9.17, 15) is 14.4 Å². The van der Waals surface area contributed by atoms with E-state index in [1.807, 2.05) is 0 Å². The first-order valence-electron chi connectivity index (χ1n) is 6.68. The Bertz CT molecular complexity index is 800. The molecule has 3 rings (SSSR count). The van der Waals surface area contributed by atoms with Crippen LogP contribution in [0.4, 0.5) is 0 Å². The second kappa shape index (κ2) is 4.73. The maximum absolute atomic E-state index is 12.6. The van der Waals surface area contributed by atoms with Crippen LogP contribution < -0.4 is 5.56 Å². The normalized spacial score (nSPS) is 16.3. The van der Waals surface area contributed by atoms with Crippen molar-refractivity contribution in [2.24, 2.45) is 0 Å². The van der Waals surface area contributed by atoms with Crippen LogP contribution in [0.2, 0.25) is 0 Å². The smallest absolute Gasteiger partial charge is 0.323 e. The molecule has 0 bridgehead atoms. The summed E-state index contributed by atoms with van der Waals surface area (Å²) in [6, 6.07) is 8.26. The van der Waals surface area contributed by atoms with Gasteiger partial charge in [0.2, 0.25) is 0 Å². The number of hydrogen-bond acceptors (Lipinski definition) is 4. The summed E-state index contributed by atoms with van der Waals surface area (Å²) in [7, 11) is 0. The van der Waals surface area contributed by atoms with E-state index in [2.05, 4.69) is 0 Å². The first-order valence-corrected chi connectivity index (χ1v) is 6.68. The highest BCUT2D eigenvalue weighted by molar-refractivity contribution is 6.06. The lowest BCUT2D eigenvalue weighted by molar-refractivity contribution is -0.143. The number of aryl methyl sites for hydroxylation is 1. The van der Waals surface area contributed by atoms with Gasteiger partial charge in [-0.25, -0.2) is 9.36 Å². The average Bonchev–Trinajstić information content (AvgIpc) is 2.75. The first kappa shape index (κ1) is 13.4. The van der Waals surface area contributed by atoms with Crippen molar-refractivity contribution in [3.05, 3.63) is 51.9 Å². The standard InChI is InChI=1S/C15H14N2O4/c1-3-21-15(20)13-10-6-4-5-7-11(10)17-12(18)8-9(2)16(17)14(13)19/h4-8,13H,3H2,1-2H3. The van der Waals surface area contributed by atoms with E-state index in [1.54, 1.807) is 38.1 Å². The minimum absolute atomic E-state index is 0.197. The van der Waals surface area contributed by atoms with Crippen molar-refractivity contribution >= 4 is 11.9 Å². The van der Waals surface area contributed by atoms with Gasteiger partial charge in [0, 0.05) is 17.3 Å². The van der Waals surface area contributed by atoms with Gasteiger partial charge in [-0.05, 0) is 19.9 Å². The molecular formula is C15H14N2O4. The van der Waals surface area contributed by atoms with E-state index < -0.39 is 17.8 Å². The van der Waals surface area contributed by atoms with Crippen molar-refractivity contribution in [2.75, 3.05) is 6.61 Å². The number of benzene rings is 1. The Labute approximate surface area is 120 Å². The molecule has 0 aliphatic carbocycles. The van der Waals surface area contributed by atoms with Crippen LogP contribution in [-0.4, -0.2) is 27.8 Å². The highest BCUT2D eigenvalue weighted by Crippen LogP contribution is 2.30. The lowest BCUT2D eigenvalue weighted by Gasteiger charge is -2.26. The van der Waals surface area contributed by atoms with Crippen molar-refractivity contribution in [1.29, 1.82) is 0 Å². The fraction of sp³-hybridized carbons (Fsp3) is 0.267. The highest BCUT2D eigenvalue weighted by atomic mass is 16.5. The molecule has 1 aliphatic rings. The Morgan fingerprint density at radius 3 is 2.67 bits per heavy atom. The predicted molar refractivity (Wildman–Crippen MR) is 74.8 cm³/mol. The van der Waals surface area contributed by atoms with Gasteiger partial charge in [-0.3, -0.25) is 14.4 Å². The van der Waals surface area contributed by atoms with E-state index in [0.29, 0.717) is 16.9 Å². The fourth-order valence-electron chi connectivity index (χ4n) is 2.69. The van der Waals surface area contributed by atoms with Gasteiger partial charge >= 0.3 is 5.97 Å². The van der Waals surface area contributed by atoms with Crippen LogP contribution in [0.15, 0.2) is 35.1 Å². The number of para-hydroxylation sites is 1. The Hall–Kier alpha value is -2.63. The van der Waals surface area contributed by atoms with Crippen LogP contribution in [0.5, 0.6) is 0 Å². The molecule has 1 aromatic heterocycles. The third-order valence-corrected chi connectivity index (χ3v) is 3.53. The third-order valence-electron chi connectivity index (χ3n) is 3.53. The van der Waals surface area contributed by atoms with E-state index in [1.165, 1.54) is 15.4 Å². The van der Waals surface area contributed by atoms with E-state index >= 15 is 0 Å². The maximum atomic E-state index is 12.6. The van der Waals surface area contributed by atoms with E-state index in [-0.39, 0.29) is 12.2 Å². The number of esters is 1. The van der Waals surface area contributed by atoms with Gasteiger partial charge in [-0.2, -0.15) is 0 Å². The van der Waals surface area contributed by atoms with Crippen molar-refractivity contribution in [1.82, 2.24) is 9.36 Å². The zero-order valence-electron chi connectivity index (χ0n) is 11.7. The molecule has 108 valence electrons. The summed E-state index contributed by atoms with van der Waals surface area (Å²) in [5.41, 5.74) is 1.23. The number of hydrogen-bond donors (Lipinski definition) is 0. The summed E-state index contributed by atoms with van der Waals surface area (Å²) in [6.07, 6.45) is 0. The molecule has 1 aromatic carbocycles. The number of ether oxygens (including phenoxy) is 1. The van der Waals surface area contributed by atoms with Crippen molar-refractivity contribution in [2.45, 2.75) is 19.8 Å². The van der Waals surface area contributed by atoms with E-state index in [0.717, 1.165) is 0 Å². The SMILES string of the molecule is CCOC(=O)C1C(=O)n2c(C)cc(=O)n2-c2ccccc21. The average molecular weight is 286 g/mol. The zero-order valence-corrected chi connectivity index (χ0v) is 11.7. The third kappa shape index (κ3) is 1.83. The topological polar surface area (TPSA) is 70.3 Å². The first-order chi connectivity index (χ1) is 10.1. The second-order valence-corrected chi connectivity index (χ2v) is 4.83. The van der Waals surface area contributed by atoms with Crippen LogP contribution >= 0.6 is 0 Å². The van der Waals surface area contributed by atoms with Gasteiger partial charge in [0.15, 0.2) is 5.92 Å². The molecule has 6 heteroatoms. The molecule has 21 heavy (non-hydrogen) atoms. The number of fused-ring (bicyclic) bond motifs is 3. The molecule has 6 nitrogen and oxygen atoms in total. The number of carbonyl (C=O) groups excluding carboxylic acids is 2. The van der Waals surface area contributed by atoms with Crippen molar-refractivity contribution in [3.63, 3.8) is 0 Å². The van der Waals surface area contributed by atoms with Crippen molar-refractivity contribution < 1.29 is 14.3 Å². The highest BCUT2D eigenvalue weighted by Gasteiger charge is 2.39.